The van der Waals surface area contributed by atoms with E-state index in [4.69, 9.17) is 27.9 Å². The van der Waals surface area contributed by atoms with Crippen LogP contribution in [0.5, 0.6) is 0 Å². The van der Waals surface area contributed by atoms with Gasteiger partial charge in [0.15, 0.2) is 0 Å². The Labute approximate surface area is 156 Å². The summed E-state index contributed by atoms with van der Waals surface area (Å²) in [6, 6.07) is 14.3. The van der Waals surface area contributed by atoms with Crippen LogP contribution < -0.4 is 0 Å². The van der Waals surface area contributed by atoms with Gasteiger partial charge in [0.05, 0.1) is 6.04 Å². The van der Waals surface area contributed by atoms with Crippen molar-refractivity contribution < 1.29 is 14.3 Å². The van der Waals surface area contributed by atoms with Crippen LogP contribution in [0.3, 0.4) is 0 Å². The van der Waals surface area contributed by atoms with E-state index in [0.717, 1.165) is 11.1 Å². The molecule has 130 valence electrons. The fraction of sp³-hybridized carbons (Fsp3) is 0.263. The quantitative estimate of drug-likeness (QED) is 0.749. The van der Waals surface area contributed by atoms with E-state index in [-0.39, 0.29) is 18.4 Å². The smallest absolute Gasteiger partial charge is 0.252 e. The summed E-state index contributed by atoms with van der Waals surface area (Å²) >= 11 is 12.0. The molecular weight excluding hydrogens is 361 g/mol. The Hall–Kier alpha value is -1.88. The molecule has 1 heterocycles. The van der Waals surface area contributed by atoms with E-state index in [1.54, 1.807) is 36.2 Å². The predicted octanol–water partition coefficient (Wildman–Crippen LogP) is 4.22. The predicted molar refractivity (Wildman–Crippen MR) is 96.7 cm³/mol. The van der Waals surface area contributed by atoms with E-state index in [0.29, 0.717) is 16.3 Å². The zero-order chi connectivity index (χ0) is 18.0. The Morgan fingerprint density at radius 2 is 1.52 bits per heavy atom. The fourth-order valence-corrected chi connectivity index (χ4v) is 3.34. The first kappa shape index (κ1) is 17.9. The molecular formula is C19H17Cl2NO3. The summed E-state index contributed by atoms with van der Waals surface area (Å²) in [5.74, 6) is -0.211. The molecule has 0 aromatic heterocycles. The zero-order valence-electron chi connectivity index (χ0n) is 13.6. The van der Waals surface area contributed by atoms with Gasteiger partial charge in [-0.05, 0) is 35.4 Å². The van der Waals surface area contributed by atoms with Crippen molar-refractivity contribution in [2.75, 3.05) is 7.05 Å². The Morgan fingerprint density at radius 3 is 2.04 bits per heavy atom. The standard InChI is InChI=1S/C19H17Cl2NO3/c1-22-17(12-2-6-14(20)7-3-12)18(13-4-8-15(21)9-5-13)25-16(10-11-23)19(22)24/h2-9,11,16-18H,10H2,1H3/t16-,17?,18?/m0/s1. The number of carbonyl (C=O) groups excluding carboxylic acids is 2. The first-order valence-electron chi connectivity index (χ1n) is 7.88. The monoisotopic (exact) mass is 377 g/mol. The first-order chi connectivity index (χ1) is 12.0. The summed E-state index contributed by atoms with van der Waals surface area (Å²) in [4.78, 5) is 25.2. The Morgan fingerprint density at radius 1 is 1.00 bits per heavy atom. The summed E-state index contributed by atoms with van der Waals surface area (Å²) in [7, 11) is 1.73. The maximum Gasteiger partial charge on any atom is 0.252 e. The average molecular weight is 378 g/mol. The lowest BCUT2D eigenvalue weighted by Gasteiger charge is -2.42. The Bertz CT molecular complexity index is 761. The molecule has 2 unspecified atom stereocenters. The van der Waals surface area contributed by atoms with Crippen molar-refractivity contribution in [3.63, 3.8) is 0 Å². The van der Waals surface area contributed by atoms with Crippen molar-refractivity contribution in [1.29, 1.82) is 0 Å². The van der Waals surface area contributed by atoms with Gasteiger partial charge in [0.2, 0.25) is 0 Å². The van der Waals surface area contributed by atoms with Gasteiger partial charge in [-0.25, -0.2) is 0 Å². The summed E-state index contributed by atoms with van der Waals surface area (Å²) < 4.78 is 6.03. The highest BCUT2D eigenvalue weighted by Gasteiger charge is 2.42. The van der Waals surface area contributed by atoms with Crippen LogP contribution in [0.4, 0.5) is 0 Å². The molecule has 4 nitrogen and oxygen atoms in total. The molecule has 25 heavy (non-hydrogen) atoms. The maximum atomic E-state index is 12.6. The van der Waals surface area contributed by atoms with Gasteiger partial charge in [0.25, 0.3) is 5.91 Å². The van der Waals surface area contributed by atoms with E-state index >= 15 is 0 Å². The van der Waals surface area contributed by atoms with Gasteiger partial charge in [-0.2, -0.15) is 0 Å². The largest absolute Gasteiger partial charge is 0.357 e. The molecule has 3 atom stereocenters. The molecule has 2 aromatic carbocycles. The van der Waals surface area contributed by atoms with Crippen molar-refractivity contribution >= 4 is 35.4 Å². The number of hydrogen-bond donors (Lipinski definition) is 0. The van der Waals surface area contributed by atoms with E-state index in [1.165, 1.54) is 0 Å². The number of benzene rings is 2. The third-order valence-corrected chi connectivity index (χ3v) is 4.86. The number of hydrogen-bond acceptors (Lipinski definition) is 3. The Kier molecular flexibility index (Phi) is 5.42. The van der Waals surface area contributed by atoms with Crippen molar-refractivity contribution in [2.24, 2.45) is 0 Å². The molecule has 0 radical (unpaired) electrons. The van der Waals surface area contributed by atoms with Crippen LogP contribution in [0.1, 0.15) is 29.7 Å². The number of rotatable bonds is 4. The number of ether oxygens (including phenoxy) is 1. The Balaban J connectivity index is 2.03. The molecule has 3 rings (SSSR count). The van der Waals surface area contributed by atoms with Gasteiger partial charge < -0.3 is 14.4 Å². The number of amides is 1. The molecule has 1 amide bonds. The number of morpholine rings is 1. The normalized spacial score (nSPS) is 23.6. The van der Waals surface area contributed by atoms with E-state index < -0.39 is 12.2 Å². The van der Waals surface area contributed by atoms with Crippen LogP contribution in [-0.2, 0) is 14.3 Å². The summed E-state index contributed by atoms with van der Waals surface area (Å²) in [5, 5.41) is 1.24. The maximum absolute atomic E-state index is 12.6. The highest BCUT2D eigenvalue weighted by atomic mass is 35.5. The second-order valence-electron chi connectivity index (χ2n) is 5.94. The average Bonchev–Trinajstić information content (AvgIpc) is 2.61. The van der Waals surface area contributed by atoms with Gasteiger partial charge in [-0.3, -0.25) is 4.79 Å². The number of halogens is 2. The molecule has 1 aliphatic heterocycles. The minimum absolute atomic E-state index is 0.0284. The van der Waals surface area contributed by atoms with Crippen LogP contribution in [0.2, 0.25) is 10.0 Å². The lowest BCUT2D eigenvalue weighted by Crippen LogP contribution is -2.49. The van der Waals surface area contributed by atoms with Gasteiger partial charge in [-0.1, -0.05) is 47.5 Å². The topological polar surface area (TPSA) is 46.6 Å². The van der Waals surface area contributed by atoms with Gasteiger partial charge in [-0.15, -0.1) is 0 Å². The van der Waals surface area contributed by atoms with Gasteiger partial charge in [0.1, 0.15) is 18.5 Å². The van der Waals surface area contributed by atoms with Crippen molar-refractivity contribution in [2.45, 2.75) is 24.7 Å². The van der Waals surface area contributed by atoms with Crippen LogP contribution >= 0.6 is 23.2 Å². The zero-order valence-corrected chi connectivity index (χ0v) is 15.1. The lowest BCUT2D eigenvalue weighted by atomic mass is 9.92. The van der Waals surface area contributed by atoms with Crippen LogP contribution in [0, 0.1) is 0 Å². The second kappa shape index (κ2) is 7.56. The molecule has 1 saturated heterocycles. The minimum atomic E-state index is -0.785. The molecule has 0 spiro atoms. The van der Waals surface area contributed by atoms with Crippen LogP contribution in [0.25, 0.3) is 0 Å². The summed E-state index contributed by atoms with van der Waals surface area (Å²) in [5.41, 5.74) is 1.80. The van der Waals surface area contributed by atoms with Crippen molar-refractivity contribution in [3.05, 3.63) is 69.7 Å². The number of likely N-dealkylation sites (N-methyl/N-ethyl adjacent to an activating group) is 1. The highest BCUT2D eigenvalue weighted by Crippen LogP contribution is 2.41. The highest BCUT2D eigenvalue weighted by molar-refractivity contribution is 6.30. The fourth-order valence-electron chi connectivity index (χ4n) is 3.09. The first-order valence-corrected chi connectivity index (χ1v) is 8.63. The SMILES string of the molecule is CN1C(=O)[C@H](CC=O)OC(c2ccc(Cl)cc2)C1c1ccc(Cl)cc1. The lowest BCUT2D eigenvalue weighted by molar-refractivity contribution is -0.172. The van der Waals surface area contributed by atoms with Crippen molar-refractivity contribution in [3.8, 4) is 0 Å². The van der Waals surface area contributed by atoms with E-state index in [2.05, 4.69) is 0 Å². The molecule has 0 N–H and O–H groups in total. The number of aldehydes is 1. The number of carbonyl (C=O) groups is 2. The minimum Gasteiger partial charge on any atom is -0.357 e. The van der Waals surface area contributed by atoms with E-state index in [1.807, 2.05) is 24.3 Å². The van der Waals surface area contributed by atoms with Crippen LogP contribution in [0.15, 0.2) is 48.5 Å². The second-order valence-corrected chi connectivity index (χ2v) is 6.82. The summed E-state index contributed by atoms with van der Waals surface area (Å²) in [6.07, 6.45) is -0.462. The van der Waals surface area contributed by atoms with E-state index in [9.17, 15) is 9.59 Å². The van der Waals surface area contributed by atoms with Crippen molar-refractivity contribution in [1.82, 2.24) is 4.90 Å². The molecule has 1 fully saturated rings. The van der Waals surface area contributed by atoms with Crippen LogP contribution in [-0.4, -0.2) is 30.2 Å². The molecule has 0 aliphatic carbocycles. The third-order valence-electron chi connectivity index (χ3n) is 4.36. The van der Waals surface area contributed by atoms with Gasteiger partial charge >= 0.3 is 0 Å². The molecule has 6 heteroatoms. The molecule has 1 aliphatic rings. The molecule has 2 aromatic rings. The van der Waals surface area contributed by atoms with Gasteiger partial charge in [0, 0.05) is 23.5 Å². The third kappa shape index (κ3) is 3.71. The molecule has 0 saturated carbocycles. The molecule has 0 bridgehead atoms. The summed E-state index contributed by atoms with van der Waals surface area (Å²) in [6.45, 7) is 0. The number of nitrogens with zero attached hydrogens (tertiary/aromatic N) is 1.